The highest BCUT2D eigenvalue weighted by Gasteiger charge is 2.16. The Labute approximate surface area is 99.7 Å². The highest BCUT2D eigenvalue weighted by atomic mass is 16.3. The van der Waals surface area contributed by atoms with Crippen LogP contribution in [0.25, 0.3) is 5.65 Å². The van der Waals surface area contributed by atoms with Crippen LogP contribution in [0, 0.1) is 0 Å². The van der Waals surface area contributed by atoms with Gasteiger partial charge in [-0.1, -0.05) is 0 Å². The number of nitrogens with zero attached hydrogens (tertiary/aromatic N) is 4. The first kappa shape index (κ1) is 11.7. The molecule has 6 nitrogen and oxygen atoms in total. The number of nitrogen functional groups attached to an aromatic ring is 1. The summed E-state index contributed by atoms with van der Waals surface area (Å²) in [5, 5.41) is 9.11. The van der Waals surface area contributed by atoms with Gasteiger partial charge in [-0.25, -0.2) is 9.97 Å². The number of aromatic nitrogens is 3. The smallest absolute Gasteiger partial charge is 0.180 e. The SMILES string of the molecule is CC(C)N(CCO)c1nc(N)cn2ccnc12. The summed E-state index contributed by atoms with van der Waals surface area (Å²) in [6, 6.07) is 0.219. The summed E-state index contributed by atoms with van der Waals surface area (Å²) in [6.45, 7) is 4.66. The van der Waals surface area contributed by atoms with Crippen molar-refractivity contribution in [1.82, 2.24) is 14.4 Å². The molecule has 0 saturated heterocycles. The molecular weight excluding hydrogens is 218 g/mol. The van der Waals surface area contributed by atoms with Crippen molar-refractivity contribution in [2.45, 2.75) is 19.9 Å². The number of nitrogens with two attached hydrogens (primary N) is 1. The number of rotatable bonds is 4. The molecule has 2 aromatic rings. The van der Waals surface area contributed by atoms with Crippen LogP contribution in [0.1, 0.15) is 13.8 Å². The molecule has 6 heteroatoms. The predicted octanol–water partition coefficient (Wildman–Crippen LogP) is 0.519. The maximum absolute atomic E-state index is 9.11. The Morgan fingerprint density at radius 2 is 2.29 bits per heavy atom. The van der Waals surface area contributed by atoms with Gasteiger partial charge >= 0.3 is 0 Å². The third-order valence-electron chi connectivity index (χ3n) is 2.61. The summed E-state index contributed by atoms with van der Waals surface area (Å²) in [5.74, 6) is 1.15. The average Bonchev–Trinajstić information content (AvgIpc) is 2.72. The quantitative estimate of drug-likeness (QED) is 0.807. The molecule has 2 rings (SSSR count). The monoisotopic (exact) mass is 235 g/mol. The van der Waals surface area contributed by atoms with Gasteiger partial charge in [0, 0.05) is 25.0 Å². The summed E-state index contributed by atoms with van der Waals surface area (Å²) in [5.41, 5.74) is 6.52. The van der Waals surface area contributed by atoms with E-state index < -0.39 is 0 Å². The molecule has 0 atom stereocenters. The molecule has 0 aliphatic heterocycles. The van der Waals surface area contributed by atoms with Crippen molar-refractivity contribution in [3.05, 3.63) is 18.6 Å². The normalized spacial score (nSPS) is 11.3. The number of hydrogen-bond donors (Lipinski definition) is 2. The summed E-state index contributed by atoms with van der Waals surface area (Å²) in [6.07, 6.45) is 5.26. The zero-order chi connectivity index (χ0) is 12.4. The first-order valence-electron chi connectivity index (χ1n) is 5.60. The molecule has 0 saturated carbocycles. The van der Waals surface area contributed by atoms with E-state index in [9.17, 15) is 0 Å². The molecular formula is C11H17N5O. The molecule has 2 heterocycles. The fourth-order valence-corrected chi connectivity index (χ4v) is 1.84. The van der Waals surface area contributed by atoms with Crippen LogP contribution in [0.2, 0.25) is 0 Å². The van der Waals surface area contributed by atoms with Gasteiger partial charge in [0.15, 0.2) is 11.5 Å². The molecule has 0 unspecified atom stereocenters. The lowest BCUT2D eigenvalue weighted by atomic mass is 10.3. The van der Waals surface area contributed by atoms with Gasteiger partial charge < -0.3 is 20.1 Å². The zero-order valence-electron chi connectivity index (χ0n) is 10.0. The molecule has 0 radical (unpaired) electrons. The fraction of sp³-hybridized carbons (Fsp3) is 0.455. The van der Waals surface area contributed by atoms with E-state index >= 15 is 0 Å². The Balaban J connectivity index is 2.54. The van der Waals surface area contributed by atoms with Crippen LogP contribution in [0.5, 0.6) is 0 Å². The van der Waals surface area contributed by atoms with Crippen LogP contribution in [0.3, 0.4) is 0 Å². The van der Waals surface area contributed by atoms with E-state index in [-0.39, 0.29) is 12.6 Å². The molecule has 17 heavy (non-hydrogen) atoms. The van der Waals surface area contributed by atoms with Crippen LogP contribution >= 0.6 is 0 Å². The van der Waals surface area contributed by atoms with E-state index in [1.807, 2.05) is 29.3 Å². The second-order valence-electron chi connectivity index (χ2n) is 4.16. The van der Waals surface area contributed by atoms with Gasteiger partial charge in [0.2, 0.25) is 0 Å². The van der Waals surface area contributed by atoms with Crippen LogP contribution in [-0.4, -0.2) is 38.7 Å². The maximum Gasteiger partial charge on any atom is 0.180 e. The predicted molar refractivity (Wildman–Crippen MR) is 67.0 cm³/mol. The Morgan fingerprint density at radius 3 is 2.94 bits per heavy atom. The number of anilines is 2. The molecule has 2 aromatic heterocycles. The highest BCUT2D eigenvalue weighted by molar-refractivity contribution is 5.66. The summed E-state index contributed by atoms with van der Waals surface area (Å²) in [7, 11) is 0. The Kier molecular flexibility index (Phi) is 3.14. The van der Waals surface area contributed by atoms with Gasteiger partial charge in [-0.15, -0.1) is 0 Å². The lowest BCUT2D eigenvalue weighted by Gasteiger charge is -2.27. The van der Waals surface area contributed by atoms with Gasteiger partial charge in [-0.3, -0.25) is 0 Å². The molecule has 0 aliphatic rings. The van der Waals surface area contributed by atoms with E-state index in [0.29, 0.717) is 18.2 Å². The van der Waals surface area contributed by atoms with Crippen LogP contribution in [0.15, 0.2) is 18.6 Å². The van der Waals surface area contributed by atoms with E-state index in [4.69, 9.17) is 10.8 Å². The lowest BCUT2D eigenvalue weighted by molar-refractivity contribution is 0.298. The number of hydrogen-bond acceptors (Lipinski definition) is 5. The Morgan fingerprint density at radius 1 is 1.53 bits per heavy atom. The Bertz CT molecular complexity index is 508. The number of aliphatic hydroxyl groups is 1. The van der Waals surface area contributed by atoms with Gasteiger partial charge in [0.25, 0.3) is 0 Å². The van der Waals surface area contributed by atoms with E-state index in [1.165, 1.54) is 0 Å². The standard InChI is InChI=1S/C11H17N5O/c1-8(2)16(5-6-17)11-10-13-3-4-15(10)7-9(12)14-11/h3-4,7-8,17H,5-6,12H2,1-2H3. The molecule has 0 bridgehead atoms. The molecule has 92 valence electrons. The number of aliphatic hydroxyl groups excluding tert-OH is 1. The van der Waals surface area contributed by atoms with Crippen molar-refractivity contribution in [3.63, 3.8) is 0 Å². The summed E-state index contributed by atoms with van der Waals surface area (Å²) >= 11 is 0. The van der Waals surface area contributed by atoms with E-state index in [2.05, 4.69) is 9.97 Å². The average molecular weight is 235 g/mol. The first-order valence-corrected chi connectivity index (χ1v) is 5.60. The minimum absolute atomic E-state index is 0.0710. The van der Waals surface area contributed by atoms with Crippen molar-refractivity contribution in [2.24, 2.45) is 0 Å². The second-order valence-corrected chi connectivity index (χ2v) is 4.16. The van der Waals surface area contributed by atoms with Gasteiger partial charge in [0.1, 0.15) is 5.82 Å². The molecule has 0 aliphatic carbocycles. The van der Waals surface area contributed by atoms with E-state index in [1.54, 1.807) is 12.4 Å². The van der Waals surface area contributed by atoms with Gasteiger partial charge in [-0.2, -0.15) is 0 Å². The summed E-state index contributed by atoms with van der Waals surface area (Å²) in [4.78, 5) is 10.6. The molecule has 0 amide bonds. The van der Waals surface area contributed by atoms with Crippen LogP contribution in [0.4, 0.5) is 11.6 Å². The Hall–Kier alpha value is -1.82. The van der Waals surface area contributed by atoms with Gasteiger partial charge in [-0.05, 0) is 13.8 Å². The molecule has 0 aromatic carbocycles. The molecule has 3 N–H and O–H groups in total. The molecule has 0 spiro atoms. The van der Waals surface area contributed by atoms with Crippen molar-refractivity contribution < 1.29 is 5.11 Å². The zero-order valence-corrected chi connectivity index (χ0v) is 10.0. The van der Waals surface area contributed by atoms with Crippen molar-refractivity contribution in [1.29, 1.82) is 0 Å². The van der Waals surface area contributed by atoms with Crippen LogP contribution < -0.4 is 10.6 Å². The number of fused-ring (bicyclic) bond motifs is 1. The first-order chi connectivity index (χ1) is 8.13. The molecule has 0 fully saturated rings. The third-order valence-corrected chi connectivity index (χ3v) is 2.61. The largest absolute Gasteiger partial charge is 0.395 e. The maximum atomic E-state index is 9.11. The van der Waals surface area contributed by atoms with Crippen molar-refractivity contribution >= 4 is 17.3 Å². The van der Waals surface area contributed by atoms with E-state index in [0.717, 1.165) is 5.65 Å². The minimum atomic E-state index is 0.0710. The number of imidazole rings is 1. The second kappa shape index (κ2) is 4.58. The summed E-state index contributed by atoms with van der Waals surface area (Å²) < 4.78 is 1.84. The van der Waals surface area contributed by atoms with Crippen molar-refractivity contribution in [2.75, 3.05) is 23.8 Å². The van der Waals surface area contributed by atoms with Crippen LogP contribution in [-0.2, 0) is 0 Å². The van der Waals surface area contributed by atoms with Crippen molar-refractivity contribution in [3.8, 4) is 0 Å². The highest BCUT2D eigenvalue weighted by Crippen LogP contribution is 2.21. The third kappa shape index (κ3) is 2.16. The minimum Gasteiger partial charge on any atom is -0.395 e. The topological polar surface area (TPSA) is 79.7 Å². The van der Waals surface area contributed by atoms with Gasteiger partial charge in [0.05, 0.1) is 12.8 Å². The fourth-order valence-electron chi connectivity index (χ4n) is 1.84. The lowest BCUT2D eigenvalue weighted by Crippen LogP contribution is -2.34.